The summed E-state index contributed by atoms with van der Waals surface area (Å²) in [7, 11) is 0. The molecule has 0 radical (unpaired) electrons. The average Bonchev–Trinajstić information content (AvgIpc) is 3.39. The van der Waals surface area contributed by atoms with Crippen molar-refractivity contribution in [2.75, 3.05) is 6.61 Å². The molecule has 4 aromatic rings. The van der Waals surface area contributed by atoms with Gasteiger partial charge in [-0.2, -0.15) is 13.2 Å². The topological polar surface area (TPSA) is 110 Å². The van der Waals surface area contributed by atoms with Gasteiger partial charge in [0.25, 0.3) is 5.90 Å². The molecule has 1 aliphatic rings. The highest BCUT2D eigenvalue weighted by molar-refractivity contribution is 5.91. The number of hydrogen-bond acceptors (Lipinski definition) is 9. The first-order valence-corrected chi connectivity index (χ1v) is 14.0. The minimum Gasteiger partial charge on any atom is -0.459 e. The van der Waals surface area contributed by atoms with Gasteiger partial charge in [0.1, 0.15) is 12.7 Å². The molecule has 46 heavy (non-hydrogen) atoms. The van der Waals surface area contributed by atoms with Crippen LogP contribution in [0, 0.1) is 0 Å². The van der Waals surface area contributed by atoms with Crippen LogP contribution in [-0.4, -0.2) is 61.2 Å². The number of alkyl halides is 3. The van der Waals surface area contributed by atoms with Gasteiger partial charge in [-0.25, -0.2) is 19.4 Å². The fourth-order valence-corrected chi connectivity index (χ4v) is 4.42. The highest BCUT2D eigenvalue weighted by atomic mass is 19.4. The molecule has 5 rings (SSSR count). The van der Waals surface area contributed by atoms with E-state index in [9.17, 15) is 27.6 Å². The van der Waals surface area contributed by atoms with Crippen LogP contribution in [0.5, 0.6) is 0 Å². The Morgan fingerprint density at radius 2 is 1.04 bits per heavy atom. The lowest BCUT2D eigenvalue weighted by Crippen LogP contribution is -2.43. The summed E-state index contributed by atoms with van der Waals surface area (Å²) in [5.74, 6) is -4.34. The van der Waals surface area contributed by atoms with E-state index in [-0.39, 0.29) is 22.4 Å². The molecule has 0 aliphatic carbocycles. The molecule has 1 saturated heterocycles. The van der Waals surface area contributed by atoms with Crippen LogP contribution in [0.4, 0.5) is 18.9 Å². The third-order valence-electron chi connectivity index (χ3n) is 6.62. The van der Waals surface area contributed by atoms with Gasteiger partial charge >= 0.3 is 24.1 Å². The summed E-state index contributed by atoms with van der Waals surface area (Å²) in [6, 6.07) is 30.5. The molecule has 4 aromatic carbocycles. The third kappa shape index (κ3) is 8.16. The second kappa shape index (κ2) is 14.5. The summed E-state index contributed by atoms with van der Waals surface area (Å²) >= 11 is 0. The molecule has 9 nitrogen and oxygen atoms in total. The highest BCUT2D eigenvalue weighted by Crippen LogP contribution is 2.33. The summed E-state index contributed by atoms with van der Waals surface area (Å²) in [4.78, 5) is 42.6. The Labute approximate surface area is 261 Å². The van der Waals surface area contributed by atoms with Gasteiger partial charge in [-0.15, -0.1) is 0 Å². The van der Waals surface area contributed by atoms with E-state index >= 15 is 0 Å². The van der Waals surface area contributed by atoms with Crippen molar-refractivity contribution in [1.82, 2.24) is 0 Å². The van der Waals surface area contributed by atoms with Crippen molar-refractivity contribution >= 4 is 29.5 Å². The first kappa shape index (κ1) is 31.9. The zero-order chi connectivity index (χ0) is 32.5. The van der Waals surface area contributed by atoms with Crippen LogP contribution in [0.25, 0.3) is 0 Å². The first-order valence-electron chi connectivity index (χ1n) is 14.0. The second-order valence-corrected chi connectivity index (χ2v) is 9.85. The van der Waals surface area contributed by atoms with Crippen LogP contribution < -0.4 is 0 Å². The number of carbonyl (C=O) groups excluding carboxylic acids is 3. The van der Waals surface area contributed by atoms with Crippen LogP contribution in [-0.2, 0) is 23.7 Å². The number of ether oxygens (including phenoxy) is 5. The van der Waals surface area contributed by atoms with E-state index in [2.05, 4.69) is 4.99 Å². The van der Waals surface area contributed by atoms with Gasteiger partial charge in [0.15, 0.2) is 6.10 Å². The minimum atomic E-state index is -5.11. The molecule has 0 saturated carbocycles. The second-order valence-electron chi connectivity index (χ2n) is 9.85. The number of esters is 3. The number of carbonyl (C=O) groups is 3. The summed E-state index contributed by atoms with van der Waals surface area (Å²) in [6.45, 7) is -0.600. The van der Waals surface area contributed by atoms with Gasteiger partial charge in [0.2, 0.25) is 12.4 Å². The van der Waals surface area contributed by atoms with Crippen LogP contribution in [0.3, 0.4) is 0 Å². The minimum absolute atomic E-state index is 0.0577. The predicted octanol–water partition coefficient (Wildman–Crippen LogP) is 6.33. The van der Waals surface area contributed by atoms with E-state index in [1.807, 2.05) is 0 Å². The number of benzene rings is 4. The Morgan fingerprint density at radius 1 is 0.609 bits per heavy atom. The summed E-state index contributed by atoms with van der Waals surface area (Å²) in [6.07, 6.45) is -11.9. The maximum atomic E-state index is 14.2. The molecular weight excluding hydrogens is 607 g/mol. The van der Waals surface area contributed by atoms with Crippen molar-refractivity contribution in [3.63, 3.8) is 0 Å². The quantitative estimate of drug-likeness (QED) is 0.0911. The number of nitrogens with zero attached hydrogens (tertiary/aromatic N) is 1. The lowest BCUT2D eigenvalue weighted by Gasteiger charge is -2.25. The zero-order valence-corrected chi connectivity index (χ0v) is 23.9. The van der Waals surface area contributed by atoms with E-state index in [4.69, 9.17) is 23.7 Å². The summed E-state index contributed by atoms with van der Waals surface area (Å²) in [5.41, 5.74) is 0.266. The van der Waals surface area contributed by atoms with Crippen molar-refractivity contribution in [1.29, 1.82) is 0 Å². The molecule has 1 heterocycles. The molecule has 0 amide bonds. The monoisotopic (exact) mass is 633 g/mol. The Hall–Kier alpha value is -5.49. The van der Waals surface area contributed by atoms with E-state index < -0.39 is 61.2 Å². The van der Waals surface area contributed by atoms with Crippen LogP contribution in [0.2, 0.25) is 0 Å². The number of aliphatic imine (C=N–C) groups is 1. The van der Waals surface area contributed by atoms with Crippen molar-refractivity contribution in [2.24, 2.45) is 4.99 Å². The lowest BCUT2D eigenvalue weighted by molar-refractivity contribution is -0.153. The van der Waals surface area contributed by atoms with E-state index in [0.29, 0.717) is 0 Å². The molecule has 1 aliphatic heterocycles. The lowest BCUT2D eigenvalue weighted by atomic mass is 10.1. The number of hydrogen-bond donors (Lipinski definition) is 0. The zero-order valence-electron chi connectivity index (χ0n) is 23.9. The van der Waals surface area contributed by atoms with Crippen LogP contribution in [0.1, 0.15) is 31.1 Å². The Bertz CT molecular complexity index is 1650. The number of para-hydroxylation sites is 1. The third-order valence-corrected chi connectivity index (χ3v) is 6.62. The largest absolute Gasteiger partial charge is 0.468 e. The number of halogens is 3. The van der Waals surface area contributed by atoms with Gasteiger partial charge in [-0.3, -0.25) is 0 Å². The van der Waals surface area contributed by atoms with Gasteiger partial charge < -0.3 is 23.7 Å². The van der Waals surface area contributed by atoms with Gasteiger partial charge in [-0.05, 0) is 48.5 Å². The van der Waals surface area contributed by atoms with Crippen molar-refractivity contribution in [3.05, 3.63) is 138 Å². The highest BCUT2D eigenvalue weighted by Gasteiger charge is 2.54. The molecule has 0 aromatic heterocycles. The van der Waals surface area contributed by atoms with Crippen LogP contribution >= 0.6 is 0 Å². The molecule has 4 atom stereocenters. The van der Waals surface area contributed by atoms with Gasteiger partial charge in [0.05, 0.1) is 22.4 Å². The summed E-state index contributed by atoms with van der Waals surface area (Å²) < 4.78 is 70.3. The Morgan fingerprint density at radius 3 is 1.52 bits per heavy atom. The van der Waals surface area contributed by atoms with Gasteiger partial charge in [-0.1, -0.05) is 72.8 Å². The first-order chi connectivity index (χ1) is 22.2. The van der Waals surface area contributed by atoms with E-state index in [0.717, 1.165) is 0 Å². The van der Waals surface area contributed by atoms with Gasteiger partial charge in [0, 0.05) is 0 Å². The Kier molecular flexibility index (Phi) is 10.1. The SMILES string of the molecule is O=C(OC[C@H]1O[C@@H](OC(=Nc2ccccc2)C(F)(F)F)C(OC(=O)c2ccccc2)C1OC(=O)c1ccccc1)c1ccccc1. The standard InChI is InChI=1S/C34H26F3NO8/c35-34(36,37)33(38-25-19-11-4-12-20-25)46-32-28(45-31(41)24-17-9-3-10-18-24)27(44-30(40)23-15-7-2-8-16-23)26(43-32)21-42-29(39)22-13-5-1-6-14-22/h1-20,26-28,32H,21H2/t26-,27?,28?,32+/m1/s1. The predicted molar refractivity (Wildman–Crippen MR) is 157 cm³/mol. The van der Waals surface area contributed by atoms with Crippen molar-refractivity contribution < 1.29 is 51.2 Å². The molecule has 0 bridgehead atoms. The number of rotatable bonds is 9. The molecule has 0 N–H and O–H groups in total. The van der Waals surface area contributed by atoms with E-state index in [1.54, 1.807) is 60.7 Å². The molecule has 12 heteroatoms. The fourth-order valence-electron chi connectivity index (χ4n) is 4.42. The van der Waals surface area contributed by atoms with Crippen LogP contribution in [0.15, 0.2) is 126 Å². The molecule has 2 unspecified atom stereocenters. The maximum absolute atomic E-state index is 14.2. The maximum Gasteiger partial charge on any atom is 0.468 e. The normalized spacial score (nSPS) is 19.6. The Balaban J connectivity index is 1.49. The molecule has 0 spiro atoms. The van der Waals surface area contributed by atoms with Crippen molar-refractivity contribution in [2.45, 2.75) is 30.8 Å². The smallest absolute Gasteiger partial charge is 0.459 e. The molecular formula is C34H26F3NO8. The van der Waals surface area contributed by atoms with Crippen molar-refractivity contribution in [3.8, 4) is 0 Å². The van der Waals surface area contributed by atoms with E-state index in [1.165, 1.54) is 60.7 Å². The summed E-state index contributed by atoms with van der Waals surface area (Å²) in [5, 5.41) is 0. The fraction of sp³-hybridized carbons (Fsp3) is 0.176. The molecule has 1 fully saturated rings. The molecule has 236 valence electrons. The average molecular weight is 634 g/mol.